The van der Waals surface area contributed by atoms with Crippen LogP contribution in [0.2, 0.25) is 0 Å². The van der Waals surface area contributed by atoms with Gasteiger partial charge in [-0.3, -0.25) is 0 Å². The predicted molar refractivity (Wildman–Crippen MR) is 93.6 cm³/mol. The molecule has 27 heavy (non-hydrogen) atoms. The molecule has 0 aromatic carbocycles. The Labute approximate surface area is 159 Å². The first-order valence-electron chi connectivity index (χ1n) is 9.02. The van der Waals surface area contributed by atoms with Crippen LogP contribution >= 0.6 is 0 Å². The maximum Gasteiger partial charge on any atom is 0.333 e. The van der Waals surface area contributed by atoms with Crippen LogP contribution in [-0.4, -0.2) is 68.4 Å². The highest BCUT2D eigenvalue weighted by molar-refractivity contribution is 5.82. The topological polar surface area (TPSA) is 81.7 Å². The summed E-state index contributed by atoms with van der Waals surface area (Å²) in [6, 6.07) is 0. The van der Waals surface area contributed by atoms with Crippen LogP contribution in [0.3, 0.4) is 0 Å². The fourth-order valence-electron chi connectivity index (χ4n) is 3.56. The van der Waals surface area contributed by atoms with Crippen molar-refractivity contribution < 1.29 is 38.0 Å². The molecule has 0 radical (unpaired) electrons. The van der Waals surface area contributed by atoms with E-state index in [9.17, 15) is 4.79 Å². The normalized spacial score (nSPS) is 36.3. The number of carbonyl (C=O) groups excluding carboxylic acids is 1. The van der Waals surface area contributed by atoms with Crippen molar-refractivity contribution >= 4 is 5.97 Å². The monoisotopic (exact) mass is 384 g/mol. The summed E-state index contributed by atoms with van der Waals surface area (Å²) in [4.78, 5) is 11.7. The Morgan fingerprint density at radius 1 is 1.26 bits per heavy atom. The van der Waals surface area contributed by atoms with Gasteiger partial charge in [0.15, 0.2) is 17.7 Å². The lowest BCUT2D eigenvalue weighted by molar-refractivity contribution is -0.197. The van der Waals surface area contributed by atoms with E-state index in [0.717, 1.165) is 0 Å². The number of ether oxygens (including phenoxy) is 7. The zero-order chi connectivity index (χ0) is 19.8. The van der Waals surface area contributed by atoms with Gasteiger partial charge in [0, 0.05) is 0 Å². The van der Waals surface area contributed by atoms with Gasteiger partial charge in [0.2, 0.25) is 0 Å². The summed E-state index contributed by atoms with van der Waals surface area (Å²) in [5.74, 6) is -1.70. The van der Waals surface area contributed by atoms with Crippen molar-refractivity contribution in [3.8, 4) is 0 Å². The van der Waals surface area contributed by atoms with Gasteiger partial charge in [0.05, 0.1) is 26.4 Å². The van der Waals surface area contributed by atoms with Gasteiger partial charge in [-0.05, 0) is 27.7 Å². The quantitative estimate of drug-likeness (QED) is 0.389. The molecule has 8 nitrogen and oxygen atoms in total. The second-order valence-corrected chi connectivity index (χ2v) is 7.63. The molecule has 0 saturated carbocycles. The van der Waals surface area contributed by atoms with Crippen LogP contribution in [0.5, 0.6) is 0 Å². The molecule has 3 rings (SSSR count). The highest BCUT2D eigenvalue weighted by atomic mass is 16.8. The van der Waals surface area contributed by atoms with Crippen molar-refractivity contribution in [2.24, 2.45) is 0 Å². The third-order valence-electron chi connectivity index (χ3n) is 4.59. The maximum atomic E-state index is 11.7. The summed E-state index contributed by atoms with van der Waals surface area (Å²) in [5.41, 5.74) is 0. The fourth-order valence-corrected chi connectivity index (χ4v) is 3.56. The van der Waals surface area contributed by atoms with Crippen LogP contribution in [0.1, 0.15) is 27.7 Å². The summed E-state index contributed by atoms with van der Waals surface area (Å²) in [6.45, 7) is 11.7. The standard InChI is InChI=1S/C19H28O8/c1-7-8-22-14(12-10-23-18(2,3)25-12)16-17-15(26-19(4,5)27-17)11(24-16)9-13(20)21-6/h7,9,12,14-17H,1,8,10H2,2-6H3/b11-9+/t12-,14-,15+,16+,17+/m1/s1. The molecule has 3 saturated heterocycles. The van der Waals surface area contributed by atoms with Crippen LogP contribution in [0.4, 0.5) is 0 Å². The average Bonchev–Trinajstić information content (AvgIpc) is 3.20. The van der Waals surface area contributed by atoms with E-state index in [1.807, 2.05) is 27.7 Å². The summed E-state index contributed by atoms with van der Waals surface area (Å²) >= 11 is 0. The van der Waals surface area contributed by atoms with E-state index in [0.29, 0.717) is 19.0 Å². The first-order valence-corrected chi connectivity index (χ1v) is 9.02. The van der Waals surface area contributed by atoms with E-state index in [-0.39, 0.29) is 6.10 Å². The number of hydrogen-bond donors (Lipinski definition) is 0. The molecule has 0 aromatic rings. The van der Waals surface area contributed by atoms with Crippen LogP contribution in [0, 0.1) is 0 Å². The van der Waals surface area contributed by atoms with E-state index >= 15 is 0 Å². The number of esters is 1. The van der Waals surface area contributed by atoms with Gasteiger partial charge < -0.3 is 33.2 Å². The van der Waals surface area contributed by atoms with Gasteiger partial charge in [-0.2, -0.15) is 0 Å². The van der Waals surface area contributed by atoms with Gasteiger partial charge in [-0.25, -0.2) is 4.79 Å². The minimum atomic E-state index is -0.818. The Morgan fingerprint density at radius 3 is 2.59 bits per heavy atom. The first kappa shape index (κ1) is 20.3. The van der Waals surface area contributed by atoms with E-state index in [2.05, 4.69) is 6.58 Å². The molecule has 0 N–H and O–H groups in total. The summed E-state index contributed by atoms with van der Waals surface area (Å²) in [7, 11) is 1.31. The van der Waals surface area contributed by atoms with Gasteiger partial charge in [0.1, 0.15) is 30.2 Å². The Bertz CT molecular complexity index is 611. The molecule has 152 valence electrons. The molecular formula is C19H28O8. The number of hydrogen-bond acceptors (Lipinski definition) is 8. The lowest BCUT2D eigenvalue weighted by atomic mass is 10.0. The van der Waals surface area contributed by atoms with Crippen LogP contribution in [0.25, 0.3) is 0 Å². The SMILES string of the molecule is C=CCO[C@@H]([C@@H]1O/C(=C/C(=O)OC)[C@@H]2OC(C)(C)O[C@H]12)[C@H]1COC(C)(C)O1. The molecule has 0 spiro atoms. The third kappa shape index (κ3) is 4.35. The van der Waals surface area contributed by atoms with Crippen LogP contribution in [-0.2, 0) is 38.0 Å². The maximum absolute atomic E-state index is 11.7. The number of fused-ring (bicyclic) bond motifs is 1. The van der Waals surface area contributed by atoms with Crippen molar-refractivity contribution in [2.75, 3.05) is 20.3 Å². The van der Waals surface area contributed by atoms with Gasteiger partial charge in [-0.15, -0.1) is 6.58 Å². The molecule has 0 aliphatic carbocycles. The van der Waals surface area contributed by atoms with Gasteiger partial charge in [-0.1, -0.05) is 6.08 Å². The van der Waals surface area contributed by atoms with Crippen molar-refractivity contribution in [3.05, 3.63) is 24.5 Å². The minimum Gasteiger partial charge on any atom is -0.486 e. The zero-order valence-corrected chi connectivity index (χ0v) is 16.4. The largest absolute Gasteiger partial charge is 0.486 e. The van der Waals surface area contributed by atoms with Gasteiger partial charge in [0.25, 0.3) is 0 Å². The van der Waals surface area contributed by atoms with E-state index in [1.165, 1.54) is 13.2 Å². The molecule has 5 atom stereocenters. The summed E-state index contributed by atoms with van der Waals surface area (Å²) in [5, 5.41) is 0. The average molecular weight is 384 g/mol. The molecule has 0 amide bonds. The number of methoxy groups -OCH3 is 1. The number of rotatable bonds is 6. The highest BCUT2D eigenvalue weighted by Crippen LogP contribution is 2.43. The second-order valence-electron chi connectivity index (χ2n) is 7.63. The first-order chi connectivity index (χ1) is 12.7. The van der Waals surface area contributed by atoms with Crippen molar-refractivity contribution in [1.29, 1.82) is 0 Å². The Balaban J connectivity index is 1.87. The molecular weight excluding hydrogens is 356 g/mol. The van der Waals surface area contributed by atoms with Crippen molar-refractivity contribution in [1.82, 2.24) is 0 Å². The van der Waals surface area contributed by atoms with Crippen LogP contribution < -0.4 is 0 Å². The molecule has 3 aliphatic rings. The lowest BCUT2D eigenvalue weighted by Gasteiger charge is -2.31. The molecule has 8 heteroatoms. The minimum absolute atomic E-state index is 0.308. The predicted octanol–water partition coefficient (Wildman–Crippen LogP) is 1.68. The van der Waals surface area contributed by atoms with Gasteiger partial charge >= 0.3 is 5.97 Å². The molecule has 3 aliphatic heterocycles. The van der Waals surface area contributed by atoms with Crippen molar-refractivity contribution in [3.63, 3.8) is 0 Å². The Kier molecular flexibility index (Phi) is 5.65. The number of carbonyl (C=O) groups is 1. The fraction of sp³-hybridized carbons (Fsp3) is 0.737. The smallest absolute Gasteiger partial charge is 0.333 e. The van der Waals surface area contributed by atoms with Crippen molar-refractivity contribution in [2.45, 2.75) is 69.8 Å². The van der Waals surface area contributed by atoms with E-state index in [1.54, 1.807) is 6.08 Å². The summed E-state index contributed by atoms with van der Waals surface area (Å²) in [6.07, 6.45) is 0.529. The van der Waals surface area contributed by atoms with E-state index in [4.69, 9.17) is 33.2 Å². The van der Waals surface area contributed by atoms with E-state index < -0.39 is 42.0 Å². The summed E-state index contributed by atoms with van der Waals surface area (Å²) < 4.78 is 40.4. The second kappa shape index (κ2) is 7.52. The third-order valence-corrected chi connectivity index (χ3v) is 4.59. The molecule has 0 bridgehead atoms. The highest BCUT2D eigenvalue weighted by Gasteiger charge is 2.58. The molecule has 3 heterocycles. The molecule has 3 fully saturated rings. The Morgan fingerprint density at radius 2 is 2.00 bits per heavy atom. The molecule has 0 unspecified atom stereocenters. The Hall–Kier alpha value is -1.45. The zero-order valence-electron chi connectivity index (χ0n) is 16.4. The van der Waals surface area contributed by atoms with Crippen LogP contribution in [0.15, 0.2) is 24.5 Å². The molecule has 0 aromatic heterocycles. The lowest BCUT2D eigenvalue weighted by Crippen LogP contribution is -2.48.